The minimum Gasteiger partial charge on any atom is -0.394 e. The minimum atomic E-state index is -0.572. The van der Waals surface area contributed by atoms with Gasteiger partial charge in [-0.25, -0.2) is 4.98 Å². The lowest BCUT2D eigenvalue weighted by Gasteiger charge is -2.22. The second-order valence-electron chi connectivity index (χ2n) is 9.95. The Kier molecular flexibility index (Phi) is 8.31. The average molecular weight is 509 g/mol. The van der Waals surface area contributed by atoms with Gasteiger partial charge in [-0.2, -0.15) is 10.4 Å². The van der Waals surface area contributed by atoms with Crippen LogP contribution in [0.5, 0.6) is 0 Å². The predicted molar refractivity (Wildman–Crippen MR) is 147 cm³/mol. The van der Waals surface area contributed by atoms with Gasteiger partial charge in [-0.05, 0) is 55.2 Å². The Bertz CT molecular complexity index is 1390. The molecule has 0 radical (unpaired) electrons. The number of nitrogens with zero attached hydrogens (tertiary/aromatic N) is 4. The summed E-state index contributed by atoms with van der Waals surface area (Å²) in [5.74, 6) is 0.376. The molecule has 2 atom stereocenters. The van der Waals surface area contributed by atoms with E-state index in [4.69, 9.17) is 5.26 Å². The average Bonchev–Trinajstić information content (AvgIpc) is 3.45. The Balaban J connectivity index is 1.45. The third-order valence-electron chi connectivity index (χ3n) is 6.57. The van der Waals surface area contributed by atoms with E-state index in [-0.39, 0.29) is 18.4 Å². The minimum absolute atomic E-state index is 0.0276. The van der Waals surface area contributed by atoms with Crippen LogP contribution in [-0.2, 0) is 10.3 Å². The van der Waals surface area contributed by atoms with E-state index in [1.807, 2.05) is 68.6 Å². The number of amides is 1. The number of aliphatic hydroxyl groups is 1. The molecule has 194 valence electrons. The summed E-state index contributed by atoms with van der Waals surface area (Å²) >= 11 is 0. The fraction of sp³-hybridized carbons (Fsp3) is 0.267. The van der Waals surface area contributed by atoms with Crippen LogP contribution in [0.3, 0.4) is 0 Å². The van der Waals surface area contributed by atoms with Crippen molar-refractivity contribution >= 4 is 11.7 Å². The zero-order valence-electron chi connectivity index (χ0n) is 21.8. The second-order valence-corrected chi connectivity index (χ2v) is 9.95. The molecule has 0 aliphatic rings. The van der Waals surface area contributed by atoms with Crippen LogP contribution >= 0.6 is 0 Å². The Morgan fingerprint density at radius 1 is 1.03 bits per heavy atom. The number of nitriles is 1. The number of nitrogens with one attached hydrogen (secondary N) is 2. The summed E-state index contributed by atoms with van der Waals surface area (Å²) in [7, 11) is 0. The monoisotopic (exact) mass is 508 g/mol. The number of hydrogen-bond acceptors (Lipinski definition) is 6. The standard InChI is InChI=1S/C30H32N6O2/c1-21(23-11-9-22(15-31)10-12-23)16-33-28(24-7-5-4-6-8-24)29(38)35-27-14-13-25(17-32-27)26-18-34-36(19-26)30(2,3)20-37/h4-14,17-19,21,28,33,37H,16,20H2,1-3H3,(H,32,35,38)/t21-,28+/m0/s1. The van der Waals surface area contributed by atoms with Crippen molar-refractivity contribution in [2.45, 2.75) is 38.3 Å². The summed E-state index contributed by atoms with van der Waals surface area (Å²) in [6, 6.07) is 22.3. The number of aliphatic hydroxyl groups excluding tert-OH is 1. The Morgan fingerprint density at radius 3 is 2.39 bits per heavy atom. The fourth-order valence-electron chi connectivity index (χ4n) is 4.02. The van der Waals surface area contributed by atoms with Crippen LogP contribution < -0.4 is 10.6 Å². The van der Waals surface area contributed by atoms with E-state index >= 15 is 0 Å². The van der Waals surface area contributed by atoms with Crippen LogP contribution in [0.15, 0.2) is 85.3 Å². The molecule has 0 unspecified atom stereocenters. The molecule has 4 aromatic rings. The molecule has 3 N–H and O–H groups in total. The molecular weight excluding hydrogens is 476 g/mol. The molecule has 38 heavy (non-hydrogen) atoms. The van der Waals surface area contributed by atoms with Gasteiger partial charge in [-0.3, -0.25) is 9.48 Å². The van der Waals surface area contributed by atoms with Crippen molar-refractivity contribution in [3.63, 3.8) is 0 Å². The Labute approximate surface area is 223 Å². The number of carbonyl (C=O) groups excluding carboxylic acids is 1. The number of aromatic nitrogens is 3. The van der Waals surface area contributed by atoms with Gasteiger partial charge in [0.1, 0.15) is 11.9 Å². The van der Waals surface area contributed by atoms with Crippen molar-refractivity contribution in [1.82, 2.24) is 20.1 Å². The lowest BCUT2D eigenvalue weighted by atomic mass is 9.98. The molecular formula is C30H32N6O2. The van der Waals surface area contributed by atoms with E-state index in [1.165, 1.54) is 0 Å². The molecule has 0 saturated carbocycles. The maximum absolute atomic E-state index is 13.4. The normalized spacial score (nSPS) is 12.9. The van der Waals surface area contributed by atoms with Gasteiger partial charge < -0.3 is 15.7 Å². The van der Waals surface area contributed by atoms with Crippen molar-refractivity contribution in [2.24, 2.45) is 0 Å². The second kappa shape index (κ2) is 11.8. The van der Waals surface area contributed by atoms with Crippen molar-refractivity contribution in [3.05, 3.63) is 102 Å². The maximum atomic E-state index is 13.4. The topological polar surface area (TPSA) is 116 Å². The molecule has 0 fully saturated rings. The first-order valence-corrected chi connectivity index (χ1v) is 12.5. The molecule has 0 bridgehead atoms. The summed E-state index contributed by atoms with van der Waals surface area (Å²) in [5.41, 5.74) is 3.79. The van der Waals surface area contributed by atoms with Crippen molar-refractivity contribution in [1.29, 1.82) is 5.26 Å². The van der Waals surface area contributed by atoms with Gasteiger partial charge in [0.25, 0.3) is 0 Å². The summed E-state index contributed by atoms with van der Waals surface area (Å²) in [6.07, 6.45) is 5.30. The molecule has 2 aromatic carbocycles. The van der Waals surface area contributed by atoms with Gasteiger partial charge in [0.15, 0.2) is 0 Å². The summed E-state index contributed by atoms with van der Waals surface area (Å²) in [5, 5.41) is 29.3. The molecule has 8 heteroatoms. The Morgan fingerprint density at radius 2 is 1.76 bits per heavy atom. The van der Waals surface area contributed by atoms with Crippen LogP contribution in [0, 0.1) is 11.3 Å². The molecule has 0 saturated heterocycles. The van der Waals surface area contributed by atoms with Crippen molar-refractivity contribution < 1.29 is 9.90 Å². The van der Waals surface area contributed by atoms with E-state index < -0.39 is 11.6 Å². The SMILES string of the molecule is C[C@@H](CN[C@@H](C(=O)Nc1ccc(-c2cnn(C(C)(C)CO)c2)cn1)c1ccccc1)c1ccc(C#N)cc1. The zero-order chi connectivity index (χ0) is 27.1. The van der Waals surface area contributed by atoms with Gasteiger partial charge in [0.05, 0.1) is 30.0 Å². The maximum Gasteiger partial charge on any atom is 0.247 e. The number of hydrogen-bond donors (Lipinski definition) is 3. The molecule has 4 rings (SSSR count). The quantitative estimate of drug-likeness (QED) is 0.288. The molecule has 2 heterocycles. The summed E-state index contributed by atoms with van der Waals surface area (Å²) in [6.45, 7) is 6.43. The van der Waals surface area contributed by atoms with E-state index in [2.05, 4.69) is 33.7 Å². The first-order valence-electron chi connectivity index (χ1n) is 12.5. The molecule has 0 spiro atoms. The van der Waals surface area contributed by atoms with Crippen LogP contribution in [0.1, 0.15) is 49.4 Å². The highest BCUT2D eigenvalue weighted by Gasteiger charge is 2.22. The van der Waals surface area contributed by atoms with Gasteiger partial charge in [0, 0.05) is 30.1 Å². The first kappa shape index (κ1) is 26.7. The number of anilines is 1. The lowest BCUT2D eigenvalue weighted by molar-refractivity contribution is -0.118. The molecule has 0 aliphatic heterocycles. The third kappa shape index (κ3) is 6.32. The highest BCUT2D eigenvalue weighted by molar-refractivity contribution is 5.95. The summed E-state index contributed by atoms with van der Waals surface area (Å²) in [4.78, 5) is 17.8. The Hall–Kier alpha value is -4.32. The molecule has 8 nitrogen and oxygen atoms in total. The van der Waals surface area contributed by atoms with E-state index in [0.29, 0.717) is 17.9 Å². The van der Waals surface area contributed by atoms with Gasteiger partial charge in [-0.1, -0.05) is 49.4 Å². The highest BCUT2D eigenvalue weighted by Crippen LogP contribution is 2.23. The van der Waals surface area contributed by atoms with Crippen molar-refractivity contribution in [3.8, 4) is 17.2 Å². The molecule has 2 aromatic heterocycles. The fourth-order valence-corrected chi connectivity index (χ4v) is 4.02. The van der Waals surface area contributed by atoms with Crippen molar-refractivity contribution in [2.75, 3.05) is 18.5 Å². The lowest BCUT2D eigenvalue weighted by Crippen LogP contribution is -2.35. The largest absolute Gasteiger partial charge is 0.394 e. The van der Waals surface area contributed by atoms with Crippen LogP contribution in [0.2, 0.25) is 0 Å². The van der Waals surface area contributed by atoms with E-state index in [9.17, 15) is 9.90 Å². The number of rotatable bonds is 10. The van der Waals surface area contributed by atoms with Crippen LogP contribution in [-0.4, -0.2) is 38.9 Å². The zero-order valence-corrected chi connectivity index (χ0v) is 21.8. The summed E-state index contributed by atoms with van der Waals surface area (Å²) < 4.78 is 1.73. The predicted octanol–water partition coefficient (Wildman–Crippen LogP) is 4.62. The third-order valence-corrected chi connectivity index (χ3v) is 6.57. The van der Waals surface area contributed by atoms with E-state index in [0.717, 1.165) is 22.3 Å². The number of benzene rings is 2. The number of carbonyl (C=O) groups is 1. The van der Waals surface area contributed by atoms with Gasteiger partial charge in [0.2, 0.25) is 5.91 Å². The van der Waals surface area contributed by atoms with Gasteiger partial charge >= 0.3 is 0 Å². The van der Waals surface area contributed by atoms with Crippen LogP contribution in [0.4, 0.5) is 5.82 Å². The van der Waals surface area contributed by atoms with E-state index in [1.54, 1.807) is 35.3 Å². The highest BCUT2D eigenvalue weighted by atomic mass is 16.3. The first-order chi connectivity index (χ1) is 18.3. The molecule has 1 amide bonds. The van der Waals surface area contributed by atoms with Crippen LogP contribution in [0.25, 0.3) is 11.1 Å². The smallest absolute Gasteiger partial charge is 0.247 e. The van der Waals surface area contributed by atoms with Gasteiger partial charge in [-0.15, -0.1) is 0 Å². The molecule has 0 aliphatic carbocycles. The number of pyridine rings is 1.